The van der Waals surface area contributed by atoms with Crippen LogP contribution < -0.4 is 10.9 Å². The molecule has 0 atom stereocenters. The molecule has 0 aliphatic heterocycles. The van der Waals surface area contributed by atoms with Gasteiger partial charge in [0.25, 0.3) is 5.56 Å². The van der Waals surface area contributed by atoms with E-state index in [0.717, 1.165) is 14.5 Å². The summed E-state index contributed by atoms with van der Waals surface area (Å²) in [5, 5.41) is 3.26. The number of aryl methyl sites for hydroxylation is 1. The Labute approximate surface area is 155 Å². The summed E-state index contributed by atoms with van der Waals surface area (Å²) in [5.74, 6) is -0.282. The van der Waals surface area contributed by atoms with E-state index in [9.17, 15) is 9.59 Å². The van der Waals surface area contributed by atoms with E-state index >= 15 is 0 Å². The molecule has 1 heterocycles. The van der Waals surface area contributed by atoms with Gasteiger partial charge < -0.3 is 5.32 Å². The maximum absolute atomic E-state index is 12.5. The quantitative estimate of drug-likeness (QED) is 0.658. The number of nitrogens with zero attached hydrogens (tertiary/aromatic N) is 2. The zero-order valence-corrected chi connectivity index (χ0v) is 15.9. The summed E-state index contributed by atoms with van der Waals surface area (Å²) in [7, 11) is 0. The molecule has 24 heavy (non-hydrogen) atoms. The Morgan fingerprint density at radius 3 is 2.75 bits per heavy atom. The van der Waals surface area contributed by atoms with Crippen molar-refractivity contribution >= 4 is 54.4 Å². The van der Waals surface area contributed by atoms with Crippen molar-refractivity contribution in [3.63, 3.8) is 0 Å². The Morgan fingerprint density at radius 1 is 1.21 bits per heavy atom. The number of aromatic nitrogens is 2. The third kappa shape index (κ3) is 3.57. The molecule has 0 fully saturated rings. The Bertz CT molecular complexity index is 999. The number of benzene rings is 2. The second-order valence-corrected chi connectivity index (χ2v) is 7.12. The van der Waals surface area contributed by atoms with Gasteiger partial charge in [0.15, 0.2) is 0 Å². The van der Waals surface area contributed by atoms with Gasteiger partial charge >= 0.3 is 0 Å². The lowest BCUT2D eigenvalue weighted by Crippen LogP contribution is -2.27. The van der Waals surface area contributed by atoms with Gasteiger partial charge in [0, 0.05) is 14.6 Å². The zero-order valence-electron chi connectivity index (χ0n) is 12.7. The van der Waals surface area contributed by atoms with Gasteiger partial charge in [-0.05, 0) is 48.9 Å². The molecule has 2 aromatic carbocycles. The molecule has 3 rings (SSSR count). The van der Waals surface area contributed by atoms with Crippen molar-refractivity contribution in [2.75, 3.05) is 5.32 Å². The fraction of sp³-hybridized carbons (Fsp3) is 0.118. The molecule has 1 N–H and O–H groups in total. The van der Waals surface area contributed by atoms with E-state index in [0.29, 0.717) is 16.6 Å². The number of hydrogen-bond acceptors (Lipinski definition) is 3. The lowest BCUT2D eigenvalue weighted by atomic mass is 10.2. The van der Waals surface area contributed by atoms with Crippen molar-refractivity contribution in [3.8, 4) is 0 Å². The molecule has 0 radical (unpaired) electrons. The Morgan fingerprint density at radius 2 is 2.00 bits per heavy atom. The number of carbonyl (C=O) groups excluding carboxylic acids is 1. The van der Waals surface area contributed by atoms with Crippen molar-refractivity contribution in [1.29, 1.82) is 0 Å². The van der Waals surface area contributed by atoms with Crippen LogP contribution in [0.25, 0.3) is 10.9 Å². The summed E-state index contributed by atoms with van der Waals surface area (Å²) in [5.41, 5.74) is 2.05. The van der Waals surface area contributed by atoms with Crippen LogP contribution in [0, 0.1) is 6.92 Å². The van der Waals surface area contributed by atoms with Gasteiger partial charge in [-0.3, -0.25) is 14.2 Å². The highest BCUT2D eigenvalue weighted by atomic mass is 79.9. The van der Waals surface area contributed by atoms with Crippen LogP contribution in [-0.2, 0) is 11.3 Å². The second kappa shape index (κ2) is 6.86. The highest BCUT2D eigenvalue weighted by Crippen LogP contribution is 2.20. The van der Waals surface area contributed by atoms with E-state index < -0.39 is 0 Å². The Kier molecular flexibility index (Phi) is 4.82. The van der Waals surface area contributed by atoms with Crippen LogP contribution in [0.4, 0.5) is 5.69 Å². The lowest BCUT2D eigenvalue weighted by Gasteiger charge is -2.09. The zero-order chi connectivity index (χ0) is 17.3. The number of nitrogens with one attached hydrogen (secondary N) is 1. The van der Waals surface area contributed by atoms with Crippen molar-refractivity contribution in [1.82, 2.24) is 9.55 Å². The molecular formula is C17H13Br2N3O2. The number of amides is 1. The topological polar surface area (TPSA) is 64.0 Å². The summed E-state index contributed by atoms with van der Waals surface area (Å²) in [6, 6.07) is 10.8. The molecule has 0 aliphatic rings. The van der Waals surface area contributed by atoms with Gasteiger partial charge in [-0.25, -0.2) is 4.98 Å². The summed E-state index contributed by atoms with van der Waals surface area (Å²) < 4.78 is 3.07. The molecule has 1 amide bonds. The van der Waals surface area contributed by atoms with E-state index in [1.54, 1.807) is 18.2 Å². The predicted octanol–water partition coefficient (Wildman–Crippen LogP) is 3.87. The molecule has 122 valence electrons. The first kappa shape index (κ1) is 16.9. The highest BCUT2D eigenvalue weighted by molar-refractivity contribution is 9.10. The fourth-order valence-electron chi connectivity index (χ4n) is 2.32. The molecular weight excluding hydrogens is 438 g/mol. The number of anilines is 1. The van der Waals surface area contributed by atoms with Crippen LogP contribution in [0.15, 0.2) is 56.5 Å². The minimum absolute atomic E-state index is 0.0939. The summed E-state index contributed by atoms with van der Waals surface area (Å²) in [6.45, 7) is 1.85. The van der Waals surface area contributed by atoms with Crippen LogP contribution in [0.3, 0.4) is 0 Å². The van der Waals surface area contributed by atoms with Gasteiger partial charge in [0.1, 0.15) is 6.54 Å². The predicted molar refractivity (Wildman–Crippen MR) is 101 cm³/mol. The van der Waals surface area contributed by atoms with Gasteiger partial charge in [0.2, 0.25) is 5.91 Å². The maximum Gasteiger partial charge on any atom is 0.261 e. The third-order valence-corrected chi connectivity index (χ3v) is 4.92. The van der Waals surface area contributed by atoms with Crippen LogP contribution in [0.2, 0.25) is 0 Å². The van der Waals surface area contributed by atoms with Crippen LogP contribution in [0.1, 0.15) is 5.56 Å². The average molecular weight is 451 g/mol. The van der Waals surface area contributed by atoms with Crippen LogP contribution in [0.5, 0.6) is 0 Å². The Hall–Kier alpha value is -1.99. The van der Waals surface area contributed by atoms with E-state index in [-0.39, 0.29) is 18.0 Å². The number of carbonyl (C=O) groups is 1. The molecule has 0 aliphatic carbocycles. The monoisotopic (exact) mass is 449 g/mol. The molecule has 5 nitrogen and oxygen atoms in total. The van der Waals surface area contributed by atoms with Crippen molar-refractivity contribution in [3.05, 3.63) is 67.6 Å². The lowest BCUT2D eigenvalue weighted by molar-refractivity contribution is -0.116. The highest BCUT2D eigenvalue weighted by Gasteiger charge is 2.09. The molecule has 0 unspecified atom stereocenters. The van der Waals surface area contributed by atoms with Gasteiger partial charge in [-0.2, -0.15) is 0 Å². The number of fused-ring (bicyclic) bond motifs is 1. The smallest absolute Gasteiger partial charge is 0.261 e. The molecule has 0 saturated carbocycles. The fourth-order valence-corrected chi connectivity index (χ4v) is 2.93. The number of hydrogen-bond donors (Lipinski definition) is 1. The van der Waals surface area contributed by atoms with Crippen LogP contribution in [-0.4, -0.2) is 15.5 Å². The third-order valence-electron chi connectivity index (χ3n) is 3.54. The van der Waals surface area contributed by atoms with E-state index in [2.05, 4.69) is 42.2 Å². The Balaban J connectivity index is 1.84. The van der Waals surface area contributed by atoms with E-state index in [1.165, 1.54) is 10.9 Å². The standard InChI is InChI=1S/C17H13Br2N3O2/c1-10-6-12(3-4-14(10)19)21-16(23)8-22-9-20-15-5-2-11(18)7-13(15)17(22)24/h2-7,9H,8H2,1H3,(H,21,23). The minimum atomic E-state index is -0.282. The second-order valence-electron chi connectivity index (χ2n) is 5.35. The molecule has 0 saturated heterocycles. The first-order chi connectivity index (χ1) is 11.4. The first-order valence-corrected chi connectivity index (χ1v) is 8.73. The van der Waals surface area contributed by atoms with Gasteiger partial charge in [-0.15, -0.1) is 0 Å². The average Bonchev–Trinajstić information content (AvgIpc) is 2.54. The van der Waals surface area contributed by atoms with Crippen molar-refractivity contribution in [2.45, 2.75) is 13.5 Å². The van der Waals surface area contributed by atoms with Crippen LogP contribution >= 0.6 is 31.9 Å². The molecule has 0 spiro atoms. The minimum Gasteiger partial charge on any atom is -0.325 e. The SMILES string of the molecule is Cc1cc(NC(=O)Cn2cnc3ccc(Br)cc3c2=O)ccc1Br. The largest absolute Gasteiger partial charge is 0.325 e. The van der Waals surface area contributed by atoms with Crippen molar-refractivity contribution < 1.29 is 4.79 Å². The molecule has 7 heteroatoms. The number of halogens is 2. The summed E-state index contributed by atoms with van der Waals surface area (Å²) in [4.78, 5) is 28.9. The number of rotatable bonds is 3. The van der Waals surface area contributed by atoms with Gasteiger partial charge in [-0.1, -0.05) is 31.9 Å². The molecule has 0 bridgehead atoms. The summed E-state index contributed by atoms with van der Waals surface area (Å²) in [6.07, 6.45) is 1.39. The summed E-state index contributed by atoms with van der Waals surface area (Å²) >= 11 is 6.76. The first-order valence-electron chi connectivity index (χ1n) is 7.15. The van der Waals surface area contributed by atoms with Gasteiger partial charge in [0.05, 0.1) is 17.2 Å². The normalized spacial score (nSPS) is 10.8. The van der Waals surface area contributed by atoms with Crippen molar-refractivity contribution in [2.24, 2.45) is 0 Å². The van der Waals surface area contributed by atoms with E-state index in [1.807, 2.05) is 25.1 Å². The van der Waals surface area contributed by atoms with E-state index in [4.69, 9.17) is 0 Å². The molecule has 3 aromatic rings. The molecule has 1 aromatic heterocycles. The maximum atomic E-state index is 12.5.